The van der Waals surface area contributed by atoms with Crippen molar-refractivity contribution in [3.63, 3.8) is 0 Å². The molecule has 5 rings (SSSR count). The number of β-amino-alcohol motifs (C(OH)–C–C–N with tert-alkyl or cyclic N) is 1. The molecule has 3 aromatic carbocycles. The van der Waals surface area contributed by atoms with Gasteiger partial charge in [-0.3, -0.25) is 14.5 Å². The molecule has 2 amide bonds. The van der Waals surface area contributed by atoms with E-state index in [0.717, 1.165) is 38.9 Å². The first kappa shape index (κ1) is 21.2. The summed E-state index contributed by atoms with van der Waals surface area (Å²) in [6.45, 7) is 2.36. The maximum absolute atomic E-state index is 12.1. The van der Waals surface area contributed by atoms with Crippen LogP contribution in [0.25, 0.3) is 33.3 Å². The first-order valence-corrected chi connectivity index (χ1v) is 11.3. The van der Waals surface area contributed by atoms with Crippen LogP contribution in [0.5, 0.6) is 0 Å². The maximum atomic E-state index is 12.1. The Morgan fingerprint density at radius 1 is 0.818 bits per heavy atom. The molecule has 1 aromatic heterocycles. The fraction of sp³-hybridized carbons (Fsp3) is 0.214. The highest BCUT2D eigenvalue weighted by Crippen LogP contribution is 2.41. The Hall–Kier alpha value is -3.70. The number of likely N-dealkylation sites (tertiary alicyclic amines) is 1. The number of aliphatic hydroxyl groups excluding tert-OH is 1. The minimum absolute atomic E-state index is 0.0120. The van der Waals surface area contributed by atoms with Gasteiger partial charge in [0.1, 0.15) is 0 Å². The number of amides is 2. The lowest BCUT2D eigenvalue weighted by Crippen LogP contribution is -2.38. The summed E-state index contributed by atoms with van der Waals surface area (Å²) in [4.78, 5) is 25.4. The number of fused-ring (bicyclic) bond motifs is 1. The van der Waals surface area contributed by atoms with Gasteiger partial charge in [-0.2, -0.15) is 0 Å². The summed E-state index contributed by atoms with van der Waals surface area (Å²) >= 11 is 0. The third-order valence-corrected chi connectivity index (χ3v) is 6.27. The molecule has 0 spiro atoms. The average molecular weight is 439 g/mol. The molecule has 1 saturated heterocycles. The zero-order valence-electron chi connectivity index (χ0n) is 18.6. The van der Waals surface area contributed by atoms with Gasteiger partial charge < -0.3 is 9.67 Å². The molecule has 0 unspecified atom stereocenters. The Morgan fingerprint density at radius 3 is 2.06 bits per heavy atom. The fourth-order valence-electron chi connectivity index (χ4n) is 4.76. The molecule has 1 N–H and O–H groups in total. The van der Waals surface area contributed by atoms with Gasteiger partial charge in [-0.05, 0) is 30.2 Å². The number of benzene rings is 3. The number of hydrogen-bond acceptors (Lipinski definition) is 3. The van der Waals surface area contributed by atoms with E-state index in [0.29, 0.717) is 0 Å². The van der Waals surface area contributed by atoms with E-state index in [1.54, 1.807) is 0 Å². The lowest BCUT2D eigenvalue weighted by molar-refractivity contribution is -0.140. The molecule has 1 fully saturated rings. The Morgan fingerprint density at radius 2 is 1.42 bits per heavy atom. The number of rotatable bonds is 6. The van der Waals surface area contributed by atoms with Crippen LogP contribution in [0.1, 0.15) is 18.4 Å². The van der Waals surface area contributed by atoms with Crippen molar-refractivity contribution in [2.45, 2.75) is 32.4 Å². The molecule has 0 bridgehead atoms. The molecule has 1 atom stereocenters. The number of aryl methyl sites for hydroxylation is 1. The number of nitrogens with zero attached hydrogens (tertiary/aromatic N) is 2. The van der Waals surface area contributed by atoms with Crippen molar-refractivity contribution in [3.05, 3.63) is 84.4 Å². The molecule has 166 valence electrons. The summed E-state index contributed by atoms with van der Waals surface area (Å²) in [6, 6.07) is 26.8. The molecule has 2 heterocycles. The third kappa shape index (κ3) is 3.96. The van der Waals surface area contributed by atoms with Gasteiger partial charge in [-0.25, -0.2) is 0 Å². The molecule has 0 radical (unpaired) electrons. The molecule has 1 aliphatic rings. The lowest BCUT2D eigenvalue weighted by atomic mass is 9.98. The number of imide groups is 1. The highest BCUT2D eigenvalue weighted by atomic mass is 16.3. The summed E-state index contributed by atoms with van der Waals surface area (Å²) < 4.78 is 2.13. The van der Waals surface area contributed by atoms with Crippen molar-refractivity contribution in [3.8, 4) is 22.4 Å². The number of aromatic nitrogens is 1. The van der Waals surface area contributed by atoms with Crippen molar-refractivity contribution in [2.75, 3.05) is 6.54 Å². The quantitative estimate of drug-likeness (QED) is 0.440. The van der Waals surface area contributed by atoms with Gasteiger partial charge in [0.2, 0.25) is 11.8 Å². The van der Waals surface area contributed by atoms with Crippen molar-refractivity contribution in [1.29, 1.82) is 0 Å². The fourth-order valence-corrected chi connectivity index (χ4v) is 4.76. The van der Waals surface area contributed by atoms with E-state index in [1.165, 1.54) is 4.90 Å². The summed E-state index contributed by atoms with van der Waals surface area (Å²) in [5.41, 5.74) is 6.44. The van der Waals surface area contributed by atoms with E-state index in [9.17, 15) is 14.7 Å². The monoisotopic (exact) mass is 438 g/mol. The largest absolute Gasteiger partial charge is 0.389 e. The van der Waals surface area contributed by atoms with E-state index in [4.69, 9.17) is 0 Å². The van der Waals surface area contributed by atoms with Crippen LogP contribution in [0, 0.1) is 6.92 Å². The van der Waals surface area contributed by atoms with Crippen LogP contribution < -0.4 is 0 Å². The van der Waals surface area contributed by atoms with Crippen molar-refractivity contribution < 1.29 is 14.7 Å². The zero-order chi connectivity index (χ0) is 22.9. The van der Waals surface area contributed by atoms with Gasteiger partial charge in [-0.15, -0.1) is 0 Å². The standard InChI is InChI=1S/C28H26N2O3/c1-19-12-13-24-23(16-19)27(20-8-4-2-5-9-20)28(21-10-6-3-7-11-21)29(24)17-22(31)18-30-25(32)14-15-26(30)33/h2-13,16,22,31H,14-15,17-18H2,1H3/t22-/m0/s1. The second kappa shape index (κ2) is 8.68. The topological polar surface area (TPSA) is 62.5 Å². The number of aliphatic hydroxyl groups is 1. The summed E-state index contributed by atoms with van der Waals surface area (Å²) in [5.74, 6) is -0.416. The zero-order valence-corrected chi connectivity index (χ0v) is 18.6. The van der Waals surface area contributed by atoms with Gasteiger partial charge >= 0.3 is 0 Å². The molecule has 0 aliphatic carbocycles. The molecule has 5 nitrogen and oxygen atoms in total. The van der Waals surface area contributed by atoms with Crippen molar-refractivity contribution in [1.82, 2.24) is 9.47 Å². The number of carbonyl (C=O) groups is 2. The van der Waals surface area contributed by atoms with Gasteiger partial charge in [0.25, 0.3) is 0 Å². The minimum atomic E-state index is -0.876. The molecule has 1 aliphatic heterocycles. The van der Waals surface area contributed by atoms with E-state index in [-0.39, 0.29) is 37.7 Å². The predicted octanol–water partition coefficient (Wildman–Crippen LogP) is 4.79. The van der Waals surface area contributed by atoms with Crippen LogP contribution in [-0.4, -0.2) is 39.0 Å². The summed E-state index contributed by atoms with van der Waals surface area (Å²) in [6.07, 6.45) is -0.422. The molecule has 0 saturated carbocycles. The average Bonchev–Trinajstić information content (AvgIpc) is 3.31. The predicted molar refractivity (Wildman–Crippen MR) is 130 cm³/mol. The molecule has 4 aromatic rings. The Bertz CT molecular complexity index is 1310. The van der Waals surface area contributed by atoms with Crippen LogP contribution >= 0.6 is 0 Å². The van der Waals surface area contributed by atoms with E-state index < -0.39 is 6.10 Å². The summed E-state index contributed by atoms with van der Waals surface area (Å²) in [5, 5.41) is 12.1. The molecule has 33 heavy (non-hydrogen) atoms. The Labute approximate surface area is 192 Å². The highest BCUT2D eigenvalue weighted by molar-refractivity contribution is 6.05. The maximum Gasteiger partial charge on any atom is 0.229 e. The van der Waals surface area contributed by atoms with Crippen molar-refractivity contribution >= 4 is 22.7 Å². The molecule has 5 heteroatoms. The minimum Gasteiger partial charge on any atom is -0.389 e. The highest BCUT2D eigenvalue weighted by Gasteiger charge is 2.31. The van der Waals surface area contributed by atoms with Crippen molar-refractivity contribution in [2.24, 2.45) is 0 Å². The Balaban J connectivity index is 1.68. The first-order chi connectivity index (χ1) is 16.0. The van der Waals surface area contributed by atoms with E-state index in [1.807, 2.05) is 36.4 Å². The van der Waals surface area contributed by atoms with Crippen LogP contribution in [-0.2, 0) is 16.1 Å². The van der Waals surface area contributed by atoms with Gasteiger partial charge in [0.05, 0.1) is 24.9 Å². The van der Waals surface area contributed by atoms with Crippen LogP contribution in [0.2, 0.25) is 0 Å². The second-order valence-corrected chi connectivity index (χ2v) is 8.64. The van der Waals surface area contributed by atoms with E-state index in [2.05, 4.69) is 54.0 Å². The van der Waals surface area contributed by atoms with Crippen LogP contribution in [0.15, 0.2) is 78.9 Å². The Kier molecular flexibility index (Phi) is 5.56. The smallest absolute Gasteiger partial charge is 0.229 e. The van der Waals surface area contributed by atoms with E-state index >= 15 is 0 Å². The van der Waals surface area contributed by atoms with Gasteiger partial charge in [0.15, 0.2) is 0 Å². The second-order valence-electron chi connectivity index (χ2n) is 8.64. The van der Waals surface area contributed by atoms with Crippen LogP contribution in [0.3, 0.4) is 0 Å². The third-order valence-electron chi connectivity index (χ3n) is 6.27. The SMILES string of the molecule is Cc1ccc2c(c1)c(-c1ccccc1)c(-c1ccccc1)n2C[C@H](O)CN1C(=O)CCC1=O. The first-order valence-electron chi connectivity index (χ1n) is 11.3. The molecular formula is C28H26N2O3. The number of carbonyl (C=O) groups excluding carboxylic acids is 2. The normalized spacial score (nSPS) is 14.9. The summed E-state index contributed by atoms with van der Waals surface area (Å²) in [7, 11) is 0. The van der Waals surface area contributed by atoms with Gasteiger partial charge in [-0.1, -0.05) is 72.3 Å². The van der Waals surface area contributed by atoms with Crippen LogP contribution in [0.4, 0.5) is 0 Å². The number of hydrogen-bond donors (Lipinski definition) is 1. The van der Waals surface area contributed by atoms with Gasteiger partial charge in [0, 0.05) is 29.3 Å². The molecular weight excluding hydrogens is 412 g/mol. The lowest BCUT2D eigenvalue weighted by Gasteiger charge is -2.21.